The largest absolute Gasteiger partial charge is 0.477 e. The number of hydrogen-bond donors (Lipinski definition) is 3. The number of aromatic nitrogens is 1. The van der Waals surface area contributed by atoms with E-state index in [2.05, 4.69) is 6.58 Å². The number of aromatic carboxylic acids is 1. The normalized spacial score (nSPS) is 13.3. The quantitative estimate of drug-likeness (QED) is 0.306. The van der Waals surface area contributed by atoms with Gasteiger partial charge in [0.2, 0.25) is 5.43 Å². The first-order valence-corrected chi connectivity index (χ1v) is 12.0. The van der Waals surface area contributed by atoms with Crippen molar-refractivity contribution in [2.75, 3.05) is 37.4 Å². The zero-order valence-electron chi connectivity index (χ0n) is 21.6. The second-order valence-corrected chi connectivity index (χ2v) is 9.38. The van der Waals surface area contributed by atoms with E-state index in [9.17, 15) is 29.0 Å². The minimum absolute atomic E-state index is 0.0524. The van der Waals surface area contributed by atoms with Crippen molar-refractivity contribution in [2.24, 2.45) is 0 Å². The van der Waals surface area contributed by atoms with Crippen LogP contribution in [0.15, 0.2) is 35.8 Å². The van der Waals surface area contributed by atoms with Gasteiger partial charge in [0.15, 0.2) is 5.82 Å². The van der Waals surface area contributed by atoms with Crippen molar-refractivity contribution in [2.45, 2.75) is 26.5 Å². The number of ether oxygens (including phenoxy) is 1. The average molecular weight is 543 g/mol. The van der Waals surface area contributed by atoms with Gasteiger partial charge in [0.05, 0.1) is 40.6 Å². The third-order valence-electron chi connectivity index (χ3n) is 7.03. The van der Waals surface area contributed by atoms with Crippen molar-refractivity contribution in [3.05, 3.63) is 75.1 Å². The summed E-state index contributed by atoms with van der Waals surface area (Å²) in [5.41, 5.74) is 4.81. The molecule has 1 aliphatic heterocycles. The average Bonchev–Trinajstić information content (AvgIpc) is 2.87. The lowest BCUT2D eigenvalue weighted by atomic mass is 9.96. The lowest BCUT2D eigenvalue weighted by Crippen LogP contribution is -2.60. The first-order chi connectivity index (χ1) is 18.4. The summed E-state index contributed by atoms with van der Waals surface area (Å²) in [6.45, 7) is 6.44. The van der Waals surface area contributed by atoms with E-state index >= 15 is 4.39 Å². The number of pyridine rings is 1. The van der Waals surface area contributed by atoms with Crippen LogP contribution in [0.1, 0.15) is 27.0 Å². The van der Waals surface area contributed by atoms with Crippen LogP contribution in [0.5, 0.6) is 0 Å². The van der Waals surface area contributed by atoms with Crippen molar-refractivity contribution < 1.29 is 33.3 Å². The van der Waals surface area contributed by atoms with E-state index in [-0.39, 0.29) is 64.8 Å². The number of anilines is 2. The molecule has 2 heterocycles. The van der Waals surface area contributed by atoms with E-state index in [1.54, 1.807) is 18.9 Å². The molecule has 0 saturated carbocycles. The van der Waals surface area contributed by atoms with E-state index in [1.807, 2.05) is 0 Å². The zero-order valence-corrected chi connectivity index (χ0v) is 21.6. The first-order valence-electron chi connectivity index (χ1n) is 12.0. The van der Waals surface area contributed by atoms with Gasteiger partial charge in [-0.3, -0.25) is 4.79 Å². The highest BCUT2D eigenvalue weighted by atomic mass is 19.1. The lowest BCUT2D eigenvalue weighted by Gasteiger charge is -2.45. The Morgan fingerprint density at radius 1 is 1.26 bits per heavy atom. The standard InChI is InChI=1S/C27H28F2N4O6/c1-5-6-39-27(38)31(4)16-9-32(10-16)24-14(3)23-21(13(2)22(24)29)25(35)17(26(36)37)11-33(23)20-8-19(30)18(28)7-15(20)12-34/h5,7-8,11,16,34H,1,6,9-10,12,30H2,2-4H3,(H,36,37). The lowest BCUT2D eigenvalue weighted by molar-refractivity contribution is 0.0694. The summed E-state index contributed by atoms with van der Waals surface area (Å²) in [6, 6.07) is 1.97. The van der Waals surface area contributed by atoms with Crippen LogP contribution in [0.4, 0.5) is 25.0 Å². The molecule has 0 radical (unpaired) electrons. The minimum Gasteiger partial charge on any atom is -0.477 e. The number of likely N-dealkylation sites (N-methyl/N-ethyl adjacent to an activating group) is 1. The van der Waals surface area contributed by atoms with Crippen molar-refractivity contribution in [1.29, 1.82) is 0 Å². The molecule has 1 saturated heterocycles. The van der Waals surface area contributed by atoms with E-state index in [4.69, 9.17) is 10.5 Å². The highest BCUT2D eigenvalue weighted by Gasteiger charge is 2.37. The molecule has 206 valence electrons. The summed E-state index contributed by atoms with van der Waals surface area (Å²) in [5, 5.41) is 19.5. The number of nitrogens with zero attached hydrogens (tertiary/aromatic N) is 3. The molecule has 12 heteroatoms. The monoisotopic (exact) mass is 542 g/mol. The molecule has 0 unspecified atom stereocenters. The molecular formula is C27H28F2N4O6. The molecule has 1 amide bonds. The summed E-state index contributed by atoms with van der Waals surface area (Å²) in [6.07, 6.45) is 1.96. The van der Waals surface area contributed by atoms with Gasteiger partial charge in [0.1, 0.15) is 18.0 Å². The van der Waals surface area contributed by atoms with E-state index in [1.165, 1.54) is 28.5 Å². The molecule has 4 rings (SSSR count). The van der Waals surface area contributed by atoms with Gasteiger partial charge in [-0.05, 0) is 26.0 Å². The molecule has 0 atom stereocenters. The fourth-order valence-electron chi connectivity index (χ4n) is 4.85. The number of nitrogen functional groups attached to an aromatic ring is 1. The maximum absolute atomic E-state index is 15.9. The Labute approximate surface area is 222 Å². The Morgan fingerprint density at radius 2 is 1.92 bits per heavy atom. The van der Waals surface area contributed by atoms with Crippen molar-refractivity contribution >= 4 is 34.3 Å². The number of aliphatic hydroxyl groups excluding tert-OH is 1. The summed E-state index contributed by atoms with van der Waals surface area (Å²) >= 11 is 0. The number of carbonyl (C=O) groups excluding carboxylic acids is 1. The molecule has 4 N–H and O–H groups in total. The van der Waals surface area contributed by atoms with Gasteiger partial charge in [-0.15, -0.1) is 0 Å². The van der Waals surface area contributed by atoms with Gasteiger partial charge < -0.3 is 35.1 Å². The van der Waals surface area contributed by atoms with E-state index < -0.39 is 41.3 Å². The SMILES string of the molecule is C=CCOC(=O)N(C)C1CN(c2c(F)c(C)c3c(=O)c(C(=O)O)cn(-c4cc(N)c(F)cc4CO)c3c2C)C1. The van der Waals surface area contributed by atoms with Crippen LogP contribution < -0.4 is 16.1 Å². The third kappa shape index (κ3) is 4.56. The number of fused-ring (bicyclic) bond motifs is 1. The molecule has 10 nitrogen and oxygen atoms in total. The van der Waals surface area contributed by atoms with Crippen LogP contribution in [0.3, 0.4) is 0 Å². The van der Waals surface area contributed by atoms with Crippen molar-refractivity contribution in [3.63, 3.8) is 0 Å². The van der Waals surface area contributed by atoms with Crippen LogP contribution in [-0.2, 0) is 11.3 Å². The Hall–Kier alpha value is -4.45. The molecule has 0 aliphatic carbocycles. The highest BCUT2D eigenvalue weighted by molar-refractivity contribution is 5.98. The number of aliphatic hydroxyl groups is 1. The third-order valence-corrected chi connectivity index (χ3v) is 7.03. The molecule has 1 fully saturated rings. The van der Waals surface area contributed by atoms with Crippen LogP contribution in [0, 0.1) is 25.5 Å². The van der Waals surface area contributed by atoms with Gasteiger partial charge in [0.25, 0.3) is 0 Å². The zero-order chi connectivity index (χ0) is 28.8. The fraction of sp³-hybridized carbons (Fsp3) is 0.296. The highest BCUT2D eigenvalue weighted by Crippen LogP contribution is 2.38. The number of carboxylic acid groups (broad SMARTS) is 1. The molecular weight excluding hydrogens is 514 g/mol. The number of benzene rings is 2. The number of amides is 1. The Bertz CT molecular complexity index is 1580. The molecule has 39 heavy (non-hydrogen) atoms. The molecule has 0 bridgehead atoms. The number of carbonyl (C=O) groups is 2. The van der Waals surface area contributed by atoms with E-state index in [0.29, 0.717) is 5.56 Å². The van der Waals surface area contributed by atoms with Gasteiger partial charge in [0, 0.05) is 43.0 Å². The van der Waals surface area contributed by atoms with Gasteiger partial charge >= 0.3 is 12.1 Å². The molecule has 1 aliphatic rings. The molecule has 1 aromatic heterocycles. The van der Waals surface area contributed by atoms with Crippen LogP contribution in [-0.4, -0.2) is 64.5 Å². The number of carboxylic acids is 1. The first kappa shape index (κ1) is 27.6. The fourth-order valence-corrected chi connectivity index (χ4v) is 4.85. The van der Waals surface area contributed by atoms with Gasteiger partial charge in [-0.1, -0.05) is 12.7 Å². The molecule has 0 spiro atoms. The van der Waals surface area contributed by atoms with Gasteiger partial charge in [-0.2, -0.15) is 0 Å². The second kappa shape index (κ2) is 10.4. The Balaban J connectivity index is 1.93. The summed E-state index contributed by atoms with van der Waals surface area (Å²) < 4.78 is 36.4. The number of halogens is 2. The van der Waals surface area contributed by atoms with E-state index in [0.717, 1.165) is 12.3 Å². The van der Waals surface area contributed by atoms with Gasteiger partial charge in [-0.25, -0.2) is 18.4 Å². The molecule has 2 aromatic carbocycles. The molecule has 3 aromatic rings. The summed E-state index contributed by atoms with van der Waals surface area (Å²) in [4.78, 5) is 40.5. The van der Waals surface area contributed by atoms with Crippen molar-refractivity contribution in [3.8, 4) is 5.69 Å². The second-order valence-electron chi connectivity index (χ2n) is 9.38. The topological polar surface area (TPSA) is 138 Å². The number of nitrogens with two attached hydrogens (primary N) is 1. The van der Waals surface area contributed by atoms with Crippen LogP contribution >= 0.6 is 0 Å². The maximum Gasteiger partial charge on any atom is 0.410 e. The summed E-state index contributed by atoms with van der Waals surface area (Å²) in [7, 11) is 1.57. The Kier molecular flexibility index (Phi) is 7.33. The predicted molar refractivity (Wildman–Crippen MR) is 142 cm³/mol. The Morgan fingerprint density at radius 3 is 2.51 bits per heavy atom. The van der Waals surface area contributed by atoms with Crippen molar-refractivity contribution in [1.82, 2.24) is 9.47 Å². The van der Waals surface area contributed by atoms with Crippen LogP contribution in [0.2, 0.25) is 0 Å². The smallest absolute Gasteiger partial charge is 0.410 e. The summed E-state index contributed by atoms with van der Waals surface area (Å²) in [5.74, 6) is -3.02. The van der Waals surface area contributed by atoms with Crippen LogP contribution in [0.25, 0.3) is 16.6 Å². The number of rotatable bonds is 7. The predicted octanol–water partition coefficient (Wildman–Crippen LogP) is 3.10. The number of hydrogen-bond acceptors (Lipinski definition) is 7. The maximum atomic E-state index is 15.9. The number of aryl methyl sites for hydroxylation is 2. The minimum atomic E-state index is -1.53.